The van der Waals surface area contributed by atoms with Crippen LogP contribution in [0.2, 0.25) is 5.02 Å². The lowest BCUT2D eigenvalue weighted by Gasteiger charge is -2.30. The van der Waals surface area contributed by atoms with Gasteiger partial charge in [-0.2, -0.15) is 0 Å². The first-order valence-electron chi connectivity index (χ1n) is 6.18. The van der Waals surface area contributed by atoms with E-state index in [0.29, 0.717) is 11.4 Å². The van der Waals surface area contributed by atoms with Crippen molar-refractivity contribution in [1.82, 2.24) is 4.90 Å². The first kappa shape index (κ1) is 12.4. The van der Waals surface area contributed by atoms with Crippen molar-refractivity contribution in [2.45, 2.75) is 26.2 Å². The molecule has 1 aromatic carbocycles. The maximum absolute atomic E-state index is 12.1. The molecule has 2 nitrogen and oxygen atoms in total. The molecule has 0 bridgehead atoms. The molecular formula is C14H18ClNO. The normalized spacial score (nSPS) is 17.2. The Morgan fingerprint density at radius 1 is 1.35 bits per heavy atom. The SMILES string of the molecule is CC1CCN(C(=O)Cc2ccccc2Cl)CC1. The number of piperidine rings is 1. The molecule has 0 unspecified atom stereocenters. The topological polar surface area (TPSA) is 20.3 Å². The van der Waals surface area contributed by atoms with Crippen molar-refractivity contribution in [3.8, 4) is 0 Å². The fourth-order valence-electron chi connectivity index (χ4n) is 2.17. The van der Waals surface area contributed by atoms with E-state index < -0.39 is 0 Å². The van der Waals surface area contributed by atoms with Crippen LogP contribution in [-0.4, -0.2) is 23.9 Å². The van der Waals surface area contributed by atoms with E-state index in [2.05, 4.69) is 6.92 Å². The summed E-state index contributed by atoms with van der Waals surface area (Å²) in [7, 11) is 0. The molecule has 0 aliphatic carbocycles. The van der Waals surface area contributed by atoms with Crippen molar-refractivity contribution in [3.05, 3.63) is 34.9 Å². The van der Waals surface area contributed by atoms with Crippen LogP contribution >= 0.6 is 11.6 Å². The van der Waals surface area contributed by atoms with Gasteiger partial charge in [-0.15, -0.1) is 0 Å². The summed E-state index contributed by atoms with van der Waals surface area (Å²) in [6.45, 7) is 4.03. The molecule has 17 heavy (non-hydrogen) atoms. The van der Waals surface area contributed by atoms with Gasteiger partial charge >= 0.3 is 0 Å². The smallest absolute Gasteiger partial charge is 0.227 e. The number of carbonyl (C=O) groups excluding carboxylic acids is 1. The first-order valence-corrected chi connectivity index (χ1v) is 6.56. The number of hydrogen-bond donors (Lipinski definition) is 0. The minimum atomic E-state index is 0.199. The first-order chi connectivity index (χ1) is 8.16. The molecular weight excluding hydrogens is 234 g/mol. The van der Waals surface area contributed by atoms with Crippen molar-refractivity contribution in [3.63, 3.8) is 0 Å². The number of halogens is 1. The number of rotatable bonds is 2. The Labute approximate surface area is 108 Å². The highest BCUT2D eigenvalue weighted by Crippen LogP contribution is 2.19. The van der Waals surface area contributed by atoms with E-state index in [1.54, 1.807) is 0 Å². The molecule has 1 aliphatic heterocycles. The summed E-state index contributed by atoms with van der Waals surface area (Å²) in [6, 6.07) is 7.57. The molecule has 1 saturated heterocycles. The van der Waals surface area contributed by atoms with Gasteiger partial charge in [-0.3, -0.25) is 4.79 Å². The molecule has 1 fully saturated rings. The van der Waals surface area contributed by atoms with Crippen LogP contribution in [0.15, 0.2) is 24.3 Å². The minimum absolute atomic E-state index is 0.199. The molecule has 1 aromatic rings. The van der Waals surface area contributed by atoms with Crippen molar-refractivity contribution in [2.24, 2.45) is 5.92 Å². The van der Waals surface area contributed by atoms with Crippen LogP contribution in [0.3, 0.4) is 0 Å². The third kappa shape index (κ3) is 3.22. The molecule has 0 atom stereocenters. The van der Waals surface area contributed by atoms with Gasteiger partial charge in [0.2, 0.25) is 5.91 Å². The van der Waals surface area contributed by atoms with Gasteiger partial charge in [0.15, 0.2) is 0 Å². The summed E-state index contributed by atoms with van der Waals surface area (Å²) in [6.07, 6.45) is 2.66. The van der Waals surface area contributed by atoms with Crippen molar-refractivity contribution < 1.29 is 4.79 Å². The van der Waals surface area contributed by atoms with Crippen LogP contribution in [0, 0.1) is 5.92 Å². The fourth-order valence-corrected chi connectivity index (χ4v) is 2.38. The number of hydrogen-bond acceptors (Lipinski definition) is 1. The maximum atomic E-state index is 12.1. The third-order valence-electron chi connectivity index (χ3n) is 3.44. The summed E-state index contributed by atoms with van der Waals surface area (Å²) in [5.74, 6) is 0.948. The average molecular weight is 252 g/mol. The Morgan fingerprint density at radius 3 is 2.65 bits per heavy atom. The summed E-state index contributed by atoms with van der Waals surface area (Å²) < 4.78 is 0. The van der Waals surface area contributed by atoms with Gasteiger partial charge < -0.3 is 4.90 Å². The molecule has 0 spiro atoms. The van der Waals surface area contributed by atoms with Gasteiger partial charge in [0, 0.05) is 18.1 Å². The van der Waals surface area contributed by atoms with Gasteiger partial charge in [0.25, 0.3) is 0 Å². The summed E-state index contributed by atoms with van der Waals surface area (Å²) in [4.78, 5) is 14.1. The van der Waals surface area contributed by atoms with E-state index in [9.17, 15) is 4.79 Å². The Morgan fingerprint density at radius 2 is 2.00 bits per heavy atom. The molecule has 2 rings (SSSR count). The van der Waals surface area contributed by atoms with Gasteiger partial charge in [0.05, 0.1) is 6.42 Å². The molecule has 3 heteroatoms. The van der Waals surface area contributed by atoms with E-state index in [4.69, 9.17) is 11.6 Å². The molecule has 1 amide bonds. The highest BCUT2D eigenvalue weighted by molar-refractivity contribution is 6.31. The minimum Gasteiger partial charge on any atom is -0.342 e. The average Bonchev–Trinajstić information content (AvgIpc) is 2.33. The third-order valence-corrected chi connectivity index (χ3v) is 3.80. The standard InChI is InChI=1S/C14H18ClNO/c1-11-6-8-16(9-7-11)14(17)10-12-4-2-3-5-13(12)15/h2-5,11H,6-10H2,1H3. The van der Waals surface area contributed by atoms with Crippen molar-refractivity contribution in [2.75, 3.05) is 13.1 Å². The lowest BCUT2D eigenvalue weighted by molar-refractivity contribution is -0.131. The van der Waals surface area contributed by atoms with E-state index in [1.165, 1.54) is 0 Å². The Hall–Kier alpha value is -1.02. The lowest BCUT2D eigenvalue weighted by atomic mass is 9.98. The van der Waals surface area contributed by atoms with Gasteiger partial charge in [-0.25, -0.2) is 0 Å². The number of benzene rings is 1. The monoisotopic (exact) mass is 251 g/mol. The van der Waals surface area contributed by atoms with Gasteiger partial charge in [0.1, 0.15) is 0 Å². The quantitative estimate of drug-likeness (QED) is 0.791. The van der Waals surface area contributed by atoms with Gasteiger partial charge in [-0.1, -0.05) is 36.7 Å². The second-order valence-electron chi connectivity index (χ2n) is 4.83. The van der Waals surface area contributed by atoms with Crippen LogP contribution in [0.5, 0.6) is 0 Å². The zero-order chi connectivity index (χ0) is 12.3. The summed E-state index contributed by atoms with van der Waals surface area (Å²) in [5, 5.41) is 0.686. The largest absolute Gasteiger partial charge is 0.342 e. The van der Waals surface area contributed by atoms with Gasteiger partial charge in [-0.05, 0) is 30.4 Å². The fraction of sp³-hybridized carbons (Fsp3) is 0.500. The van der Waals surface area contributed by atoms with Crippen LogP contribution in [-0.2, 0) is 11.2 Å². The molecule has 0 saturated carbocycles. The van der Waals surface area contributed by atoms with Crippen molar-refractivity contribution >= 4 is 17.5 Å². The van der Waals surface area contributed by atoms with Crippen LogP contribution in [0.4, 0.5) is 0 Å². The highest BCUT2D eigenvalue weighted by atomic mass is 35.5. The van der Waals surface area contributed by atoms with Crippen LogP contribution in [0.25, 0.3) is 0 Å². The summed E-state index contributed by atoms with van der Waals surface area (Å²) >= 11 is 6.06. The second-order valence-corrected chi connectivity index (χ2v) is 5.24. The Bertz CT molecular complexity index is 397. The second kappa shape index (κ2) is 5.54. The van der Waals surface area contributed by atoms with Crippen LogP contribution < -0.4 is 0 Å². The number of amides is 1. The van der Waals surface area contributed by atoms with E-state index in [1.807, 2.05) is 29.2 Å². The van der Waals surface area contributed by atoms with Crippen molar-refractivity contribution in [1.29, 1.82) is 0 Å². The molecule has 0 radical (unpaired) electrons. The number of nitrogens with zero attached hydrogens (tertiary/aromatic N) is 1. The van der Waals surface area contributed by atoms with E-state index >= 15 is 0 Å². The highest BCUT2D eigenvalue weighted by Gasteiger charge is 2.20. The summed E-state index contributed by atoms with van der Waals surface area (Å²) in [5.41, 5.74) is 0.929. The lowest BCUT2D eigenvalue weighted by Crippen LogP contribution is -2.38. The Kier molecular flexibility index (Phi) is 4.06. The predicted octanol–water partition coefficient (Wildman–Crippen LogP) is 3.14. The molecule has 1 aliphatic rings. The molecule has 0 N–H and O–H groups in total. The predicted molar refractivity (Wildman–Crippen MR) is 70.1 cm³/mol. The van der Waals surface area contributed by atoms with E-state index in [0.717, 1.165) is 37.4 Å². The molecule has 92 valence electrons. The maximum Gasteiger partial charge on any atom is 0.227 e. The molecule has 1 heterocycles. The van der Waals surface area contributed by atoms with Crippen LogP contribution in [0.1, 0.15) is 25.3 Å². The van der Waals surface area contributed by atoms with E-state index in [-0.39, 0.29) is 5.91 Å². The zero-order valence-electron chi connectivity index (χ0n) is 10.2. The number of carbonyl (C=O) groups is 1. The zero-order valence-corrected chi connectivity index (χ0v) is 10.9. The molecule has 0 aromatic heterocycles. The Balaban J connectivity index is 1.95. The number of likely N-dealkylation sites (tertiary alicyclic amines) is 1.